The topological polar surface area (TPSA) is 66.0 Å². The van der Waals surface area contributed by atoms with Crippen LogP contribution in [0.2, 0.25) is 0 Å². The Morgan fingerprint density at radius 1 is 1.39 bits per heavy atom. The maximum absolute atomic E-state index is 11.7. The van der Waals surface area contributed by atoms with E-state index in [1.807, 2.05) is 0 Å². The van der Waals surface area contributed by atoms with Gasteiger partial charge in [-0.15, -0.1) is 24.0 Å². The summed E-state index contributed by atoms with van der Waals surface area (Å²) in [5, 5.41) is 6.84. The summed E-state index contributed by atoms with van der Waals surface area (Å²) >= 11 is 0. The highest BCUT2D eigenvalue weighted by molar-refractivity contribution is 14.0. The molecule has 23 heavy (non-hydrogen) atoms. The largest absolute Gasteiger partial charge is 0.377 e. The van der Waals surface area contributed by atoms with Crippen molar-refractivity contribution >= 4 is 35.8 Å². The van der Waals surface area contributed by atoms with Crippen molar-refractivity contribution in [3.05, 3.63) is 0 Å². The summed E-state index contributed by atoms with van der Waals surface area (Å²) in [6, 6.07) is 0.345. The Bertz CT molecular complexity index is 440. The van der Waals surface area contributed by atoms with E-state index in [1.54, 1.807) is 19.0 Å². The van der Waals surface area contributed by atoms with Gasteiger partial charge in [0.05, 0.1) is 6.10 Å². The van der Waals surface area contributed by atoms with Crippen LogP contribution in [0.5, 0.6) is 0 Å². The molecule has 2 rings (SSSR count). The van der Waals surface area contributed by atoms with Crippen molar-refractivity contribution in [2.45, 2.75) is 45.8 Å². The van der Waals surface area contributed by atoms with E-state index < -0.39 is 0 Å². The highest BCUT2D eigenvalue weighted by atomic mass is 127. The first-order valence-electron chi connectivity index (χ1n) is 8.24. The van der Waals surface area contributed by atoms with Gasteiger partial charge in [-0.05, 0) is 12.8 Å². The van der Waals surface area contributed by atoms with Crippen molar-refractivity contribution in [2.24, 2.45) is 16.3 Å². The number of amides is 1. The van der Waals surface area contributed by atoms with Gasteiger partial charge in [-0.25, -0.2) is 4.99 Å². The van der Waals surface area contributed by atoms with Crippen molar-refractivity contribution in [2.75, 3.05) is 33.8 Å². The number of hydrogen-bond donors (Lipinski definition) is 2. The lowest BCUT2D eigenvalue weighted by molar-refractivity contribution is -0.127. The smallest absolute Gasteiger partial charge is 0.243 e. The molecule has 2 N–H and O–H groups in total. The highest BCUT2D eigenvalue weighted by Gasteiger charge is 2.59. The SMILES string of the molecule is CCCNC(=NCC(=O)N(C)C)NC1C2CCOC2C1(C)C.I. The number of aliphatic imine (C=N–C) groups is 1. The predicted octanol–water partition coefficient (Wildman–Crippen LogP) is 1.45. The molecule has 2 aliphatic rings. The van der Waals surface area contributed by atoms with Gasteiger partial charge < -0.3 is 20.3 Å². The summed E-state index contributed by atoms with van der Waals surface area (Å²) in [5.74, 6) is 1.29. The second-order valence-corrected chi connectivity index (χ2v) is 7.07. The van der Waals surface area contributed by atoms with Gasteiger partial charge in [0.1, 0.15) is 6.54 Å². The third kappa shape index (κ3) is 4.49. The first-order valence-corrected chi connectivity index (χ1v) is 8.24. The van der Waals surface area contributed by atoms with E-state index in [0.717, 1.165) is 32.0 Å². The number of ether oxygens (including phenoxy) is 1. The molecule has 0 bridgehead atoms. The molecule has 1 saturated heterocycles. The summed E-state index contributed by atoms with van der Waals surface area (Å²) in [7, 11) is 3.50. The van der Waals surface area contributed by atoms with Crippen LogP contribution in [0.4, 0.5) is 0 Å². The molecule has 2 fully saturated rings. The van der Waals surface area contributed by atoms with E-state index >= 15 is 0 Å². The van der Waals surface area contributed by atoms with Gasteiger partial charge in [-0.1, -0.05) is 20.8 Å². The molecule has 0 aromatic rings. The maximum atomic E-state index is 11.7. The first kappa shape index (κ1) is 20.5. The van der Waals surface area contributed by atoms with Crippen LogP contribution in [0.25, 0.3) is 0 Å². The zero-order valence-corrected chi connectivity index (χ0v) is 17.2. The van der Waals surface area contributed by atoms with Gasteiger partial charge in [0.15, 0.2) is 5.96 Å². The lowest BCUT2D eigenvalue weighted by Crippen LogP contribution is -2.68. The molecular formula is C16H31IN4O2. The summed E-state index contributed by atoms with van der Waals surface area (Å²) in [6.07, 6.45) is 2.47. The van der Waals surface area contributed by atoms with Crippen LogP contribution in [0.3, 0.4) is 0 Å². The first-order chi connectivity index (χ1) is 10.4. The van der Waals surface area contributed by atoms with Crippen molar-refractivity contribution in [3.8, 4) is 0 Å². The summed E-state index contributed by atoms with van der Waals surface area (Å²) in [5.41, 5.74) is 0.0986. The van der Waals surface area contributed by atoms with Crippen molar-refractivity contribution in [1.29, 1.82) is 0 Å². The van der Waals surface area contributed by atoms with Gasteiger partial charge in [-0.2, -0.15) is 0 Å². The number of guanidine groups is 1. The lowest BCUT2D eigenvalue weighted by Gasteiger charge is -2.54. The van der Waals surface area contributed by atoms with Crippen molar-refractivity contribution < 1.29 is 9.53 Å². The molecule has 1 aliphatic carbocycles. The molecule has 1 heterocycles. The van der Waals surface area contributed by atoms with Crippen LogP contribution >= 0.6 is 24.0 Å². The molecule has 0 spiro atoms. The normalized spacial score (nSPS) is 28.2. The fourth-order valence-corrected chi connectivity index (χ4v) is 3.45. The third-order valence-electron chi connectivity index (χ3n) is 4.81. The van der Waals surface area contributed by atoms with Crippen molar-refractivity contribution in [1.82, 2.24) is 15.5 Å². The number of likely N-dealkylation sites (N-methyl/N-ethyl adjacent to an activating group) is 1. The standard InChI is InChI=1S/C16H30N4O2.HI/c1-6-8-17-15(18-10-12(21)20(4)5)19-13-11-7-9-22-14(11)16(13,2)3;/h11,13-14H,6-10H2,1-5H3,(H2,17,18,19);1H. The summed E-state index contributed by atoms with van der Waals surface area (Å²) < 4.78 is 5.83. The molecule has 1 aliphatic heterocycles. The molecule has 1 saturated carbocycles. The molecule has 0 aromatic carbocycles. The van der Waals surface area contributed by atoms with Crippen LogP contribution in [0.1, 0.15) is 33.6 Å². The molecule has 3 unspecified atom stereocenters. The molecule has 6 nitrogen and oxygen atoms in total. The Hall–Kier alpha value is -0.570. The average Bonchev–Trinajstić information content (AvgIpc) is 2.92. The van der Waals surface area contributed by atoms with Gasteiger partial charge in [0.2, 0.25) is 5.91 Å². The Balaban J connectivity index is 0.00000264. The quantitative estimate of drug-likeness (QED) is 0.388. The molecule has 0 aromatic heterocycles. The second-order valence-electron chi connectivity index (χ2n) is 7.07. The molecule has 0 radical (unpaired) electrons. The molecule has 3 atom stereocenters. The van der Waals surface area contributed by atoms with Crippen LogP contribution in [0, 0.1) is 11.3 Å². The predicted molar refractivity (Wildman–Crippen MR) is 103 cm³/mol. The average molecular weight is 438 g/mol. The number of rotatable bonds is 5. The van der Waals surface area contributed by atoms with Crippen LogP contribution in [-0.2, 0) is 9.53 Å². The Labute approximate surface area is 156 Å². The van der Waals surface area contributed by atoms with Crippen LogP contribution < -0.4 is 10.6 Å². The van der Waals surface area contributed by atoms with Gasteiger partial charge in [-0.3, -0.25) is 4.79 Å². The zero-order valence-electron chi connectivity index (χ0n) is 14.9. The minimum atomic E-state index is 0. The fourth-order valence-electron chi connectivity index (χ4n) is 3.45. The minimum Gasteiger partial charge on any atom is -0.377 e. The second kappa shape index (κ2) is 8.50. The number of fused-ring (bicyclic) bond motifs is 1. The fraction of sp³-hybridized carbons (Fsp3) is 0.875. The van der Waals surface area contributed by atoms with Gasteiger partial charge in [0, 0.05) is 44.6 Å². The zero-order chi connectivity index (χ0) is 16.3. The van der Waals surface area contributed by atoms with Crippen molar-refractivity contribution in [3.63, 3.8) is 0 Å². The minimum absolute atomic E-state index is 0. The highest BCUT2D eigenvalue weighted by Crippen LogP contribution is 2.52. The number of carbonyl (C=O) groups is 1. The molecular weight excluding hydrogens is 407 g/mol. The van der Waals surface area contributed by atoms with E-state index in [4.69, 9.17) is 4.74 Å². The van der Waals surface area contributed by atoms with Crippen LogP contribution in [0.15, 0.2) is 4.99 Å². The number of halogens is 1. The number of nitrogens with one attached hydrogen (secondary N) is 2. The molecule has 7 heteroatoms. The summed E-state index contributed by atoms with van der Waals surface area (Å²) in [6.45, 7) is 8.46. The maximum Gasteiger partial charge on any atom is 0.243 e. The third-order valence-corrected chi connectivity index (χ3v) is 4.81. The summed E-state index contributed by atoms with van der Waals surface area (Å²) in [4.78, 5) is 17.8. The number of nitrogens with zero attached hydrogens (tertiary/aromatic N) is 2. The molecule has 134 valence electrons. The van der Waals surface area contributed by atoms with Crippen LogP contribution in [-0.4, -0.2) is 62.7 Å². The number of carbonyl (C=O) groups excluding carboxylic acids is 1. The Morgan fingerprint density at radius 2 is 2.09 bits per heavy atom. The monoisotopic (exact) mass is 438 g/mol. The van der Waals surface area contributed by atoms with E-state index in [0.29, 0.717) is 18.1 Å². The number of hydrogen-bond acceptors (Lipinski definition) is 3. The van der Waals surface area contributed by atoms with E-state index in [1.165, 1.54) is 0 Å². The Morgan fingerprint density at radius 3 is 2.70 bits per heavy atom. The Kier molecular flexibility index (Phi) is 7.57. The van der Waals surface area contributed by atoms with E-state index in [2.05, 4.69) is 36.4 Å². The van der Waals surface area contributed by atoms with E-state index in [-0.39, 0.29) is 41.8 Å². The van der Waals surface area contributed by atoms with E-state index in [9.17, 15) is 4.79 Å². The van der Waals surface area contributed by atoms with Gasteiger partial charge in [0.25, 0.3) is 0 Å². The lowest BCUT2D eigenvalue weighted by atomic mass is 9.57. The van der Waals surface area contributed by atoms with Gasteiger partial charge >= 0.3 is 0 Å². The molecule has 1 amide bonds.